The highest BCUT2D eigenvalue weighted by atomic mass is 19.1. The van der Waals surface area contributed by atoms with Gasteiger partial charge in [-0.1, -0.05) is 18.2 Å². The van der Waals surface area contributed by atoms with Gasteiger partial charge >= 0.3 is 0 Å². The van der Waals surface area contributed by atoms with Crippen molar-refractivity contribution in [3.8, 4) is 11.3 Å². The molecule has 11 heteroatoms. The molecule has 1 saturated heterocycles. The maximum Gasteiger partial charge on any atom is 0.300 e. The largest absolute Gasteiger partial charge is 0.423 e. The predicted octanol–water partition coefficient (Wildman–Crippen LogP) is 4.83. The second-order valence-corrected chi connectivity index (χ2v) is 10.9. The summed E-state index contributed by atoms with van der Waals surface area (Å²) in [4.78, 5) is 18.2. The molecule has 0 amide bonds. The van der Waals surface area contributed by atoms with Crippen molar-refractivity contribution in [2.24, 2.45) is 0 Å². The molecule has 0 radical (unpaired) electrons. The number of hydrogen-bond donors (Lipinski definition) is 2. The zero-order valence-electron chi connectivity index (χ0n) is 22.4. The molecule has 40 heavy (non-hydrogen) atoms. The Kier molecular flexibility index (Phi) is 6.32. The Bertz CT molecular complexity index is 1630. The van der Waals surface area contributed by atoms with Gasteiger partial charge < -0.3 is 20.4 Å². The highest BCUT2D eigenvalue weighted by Crippen LogP contribution is 2.38. The molecule has 0 bridgehead atoms. The lowest BCUT2D eigenvalue weighted by molar-refractivity contribution is 0.0815. The van der Waals surface area contributed by atoms with Crippen molar-refractivity contribution in [3.05, 3.63) is 54.6 Å². The van der Waals surface area contributed by atoms with Crippen LogP contribution in [0.4, 0.5) is 21.9 Å². The molecule has 0 unspecified atom stereocenters. The number of piperazine rings is 1. The number of benzene rings is 2. The van der Waals surface area contributed by atoms with E-state index in [0.29, 0.717) is 45.3 Å². The fraction of sp³-hybridized carbons (Fsp3) is 0.379. The minimum Gasteiger partial charge on any atom is -0.423 e. The monoisotopic (exact) mass is 541 g/mol. The first kappa shape index (κ1) is 24.9. The summed E-state index contributed by atoms with van der Waals surface area (Å²) in [7, 11) is 2.19. The lowest BCUT2D eigenvalue weighted by atomic mass is 9.90. The second kappa shape index (κ2) is 10.1. The van der Waals surface area contributed by atoms with Gasteiger partial charge in [0.2, 0.25) is 0 Å². The maximum atomic E-state index is 15.3. The van der Waals surface area contributed by atoms with Crippen molar-refractivity contribution in [1.29, 1.82) is 0 Å². The molecule has 2 fully saturated rings. The highest BCUT2D eigenvalue weighted by Gasteiger charge is 2.30. The fourth-order valence-electron chi connectivity index (χ4n) is 6.11. The van der Waals surface area contributed by atoms with Crippen molar-refractivity contribution in [3.63, 3.8) is 0 Å². The Balaban J connectivity index is 1.15. The summed E-state index contributed by atoms with van der Waals surface area (Å²) in [5.74, 6) is -0.114. The van der Waals surface area contributed by atoms with Crippen LogP contribution in [-0.4, -0.2) is 73.8 Å². The summed E-state index contributed by atoms with van der Waals surface area (Å²) in [5, 5.41) is 8.57. The number of nitrogens with one attached hydrogen (secondary N) is 1. The Labute approximate surface area is 231 Å². The van der Waals surface area contributed by atoms with Crippen LogP contribution in [-0.2, 0) is 0 Å². The van der Waals surface area contributed by atoms with Gasteiger partial charge in [-0.05, 0) is 57.0 Å². The Hall–Kier alpha value is -4.09. The zero-order valence-corrected chi connectivity index (χ0v) is 22.4. The van der Waals surface area contributed by atoms with Crippen LogP contribution in [0.2, 0.25) is 0 Å². The molecule has 1 aliphatic heterocycles. The van der Waals surface area contributed by atoms with E-state index in [-0.39, 0.29) is 17.7 Å². The van der Waals surface area contributed by atoms with E-state index in [4.69, 9.17) is 15.2 Å². The van der Waals surface area contributed by atoms with Crippen LogP contribution in [0.3, 0.4) is 0 Å². The van der Waals surface area contributed by atoms with E-state index in [1.165, 1.54) is 12.4 Å². The van der Waals surface area contributed by atoms with Crippen LogP contribution < -0.4 is 11.1 Å². The number of rotatable bonds is 5. The molecule has 1 aliphatic carbocycles. The van der Waals surface area contributed by atoms with E-state index in [2.05, 4.69) is 37.1 Å². The molecule has 5 aromatic rings. The molecule has 1 saturated carbocycles. The van der Waals surface area contributed by atoms with Crippen LogP contribution in [0.5, 0.6) is 0 Å². The Morgan fingerprint density at radius 2 is 1.75 bits per heavy atom. The third-order valence-electron chi connectivity index (χ3n) is 8.36. The minimum atomic E-state index is -0.453. The normalized spacial score (nSPS) is 20.9. The van der Waals surface area contributed by atoms with Crippen molar-refractivity contribution in [2.45, 2.75) is 37.8 Å². The van der Waals surface area contributed by atoms with Crippen LogP contribution in [0.1, 0.15) is 31.7 Å². The number of halogens is 1. The number of para-hydroxylation sites is 2. The standard InChI is InChI=1S/C29H32FN9O/c1-37-12-14-38(15-13-37)19-7-9-20(10-8-19)39-28-25(27(31)32-17-33-28)26(36-39)18-6-11-22(21(30)16-18)34-29-35-23-4-2-3-5-24(23)40-29/h2-6,11,16-17,19-20H,7-10,12-15H2,1H3,(H,34,35)(H2,31,32,33)/t19-,20-. The number of nitrogens with two attached hydrogens (primary N) is 1. The molecular weight excluding hydrogens is 509 g/mol. The van der Waals surface area contributed by atoms with Crippen molar-refractivity contribution in [1.82, 2.24) is 34.5 Å². The van der Waals surface area contributed by atoms with E-state index in [9.17, 15) is 0 Å². The van der Waals surface area contributed by atoms with Crippen LogP contribution in [0.15, 0.2) is 53.2 Å². The summed E-state index contributed by atoms with van der Waals surface area (Å²) in [6.45, 7) is 4.52. The third-order valence-corrected chi connectivity index (χ3v) is 8.36. The SMILES string of the molecule is CN1CCN([C@H]2CC[C@H](n3nc(-c4ccc(Nc5nc6ccccc6o5)c(F)c4)c4c(N)ncnc43)CC2)CC1. The molecule has 2 aliphatic rings. The average Bonchev–Trinajstić information content (AvgIpc) is 3.57. The summed E-state index contributed by atoms with van der Waals surface area (Å²) in [6, 6.07) is 13.4. The molecule has 0 atom stereocenters. The summed E-state index contributed by atoms with van der Waals surface area (Å²) in [5.41, 5.74) is 9.81. The summed E-state index contributed by atoms with van der Waals surface area (Å²) >= 11 is 0. The molecule has 0 spiro atoms. The predicted molar refractivity (Wildman–Crippen MR) is 153 cm³/mol. The van der Waals surface area contributed by atoms with Gasteiger partial charge in [0.15, 0.2) is 11.2 Å². The summed E-state index contributed by atoms with van der Waals surface area (Å²) < 4.78 is 23.0. The van der Waals surface area contributed by atoms with Gasteiger partial charge in [-0.3, -0.25) is 4.90 Å². The van der Waals surface area contributed by atoms with Gasteiger partial charge in [-0.25, -0.2) is 19.0 Å². The van der Waals surface area contributed by atoms with Gasteiger partial charge in [0, 0.05) is 37.8 Å². The van der Waals surface area contributed by atoms with Crippen LogP contribution in [0, 0.1) is 5.82 Å². The fourth-order valence-corrected chi connectivity index (χ4v) is 6.11. The number of oxazole rings is 1. The Morgan fingerprint density at radius 1 is 0.975 bits per heavy atom. The van der Waals surface area contributed by atoms with E-state index in [0.717, 1.165) is 51.9 Å². The molecule has 206 valence electrons. The first-order chi connectivity index (χ1) is 19.5. The molecular formula is C29H32FN9O. The van der Waals surface area contributed by atoms with E-state index in [1.807, 2.05) is 35.0 Å². The molecule has 2 aromatic carbocycles. The molecule has 3 aromatic heterocycles. The van der Waals surface area contributed by atoms with Gasteiger partial charge in [-0.2, -0.15) is 10.1 Å². The van der Waals surface area contributed by atoms with E-state index in [1.54, 1.807) is 6.07 Å². The number of hydrogen-bond acceptors (Lipinski definition) is 9. The maximum absolute atomic E-state index is 15.3. The van der Waals surface area contributed by atoms with Crippen molar-refractivity contribution in [2.75, 3.05) is 44.3 Å². The van der Waals surface area contributed by atoms with Crippen LogP contribution in [0.25, 0.3) is 33.4 Å². The molecule has 7 rings (SSSR count). The number of aromatic nitrogens is 5. The smallest absolute Gasteiger partial charge is 0.300 e. The van der Waals surface area contributed by atoms with E-state index < -0.39 is 5.82 Å². The minimum absolute atomic E-state index is 0.208. The first-order valence-electron chi connectivity index (χ1n) is 13.9. The molecule has 10 nitrogen and oxygen atoms in total. The third kappa shape index (κ3) is 4.54. The van der Waals surface area contributed by atoms with Gasteiger partial charge in [-0.15, -0.1) is 0 Å². The Morgan fingerprint density at radius 3 is 2.52 bits per heavy atom. The average molecular weight is 542 g/mol. The topological polar surface area (TPSA) is 114 Å². The first-order valence-corrected chi connectivity index (χ1v) is 13.9. The number of likely N-dealkylation sites (N-methyl/N-ethyl adjacent to an activating group) is 1. The van der Waals surface area contributed by atoms with Gasteiger partial charge in [0.1, 0.15) is 29.2 Å². The molecule has 3 N–H and O–H groups in total. The van der Waals surface area contributed by atoms with Gasteiger partial charge in [0.05, 0.1) is 17.1 Å². The number of fused-ring (bicyclic) bond motifs is 2. The quantitative estimate of drug-likeness (QED) is 0.323. The lowest BCUT2D eigenvalue weighted by Gasteiger charge is -2.41. The lowest BCUT2D eigenvalue weighted by Crippen LogP contribution is -2.49. The van der Waals surface area contributed by atoms with Crippen molar-refractivity contribution < 1.29 is 8.81 Å². The summed E-state index contributed by atoms with van der Waals surface area (Å²) in [6.07, 6.45) is 5.74. The van der Waals surface area contributed by atoms with Crippen LogP contribution >= 0.6 is 0 Å². The number of nitrogen functional groups attached to an aromatic ring is 1. The zero-order chi connectivity index (χ0) is 27.2. The number of anilines is 3. The van der Waals surface area contributed by atoms with Gasteiger partial charge in [0.25, 0.3) is 6.01 Å². The number of nitrogens with zero attached hydrogens (tertiary/aromatic N) is 7. The van der Waals surface area contributed by atoms with E-state index >= 15 is 4.39 Å². The second-order valence-electron chi connectivity index (χ2n) is 10.9. The van der Waals surface area contributed by atoms with Crippen molar-refractivity contribution >= 4 is 39.7 Å². The molecule has 4 heterocycles. The highest BCUT2D eigenvalue weighted by molar-refractivity contribution is 5.98.